The summed E-state index contributed by atoms with van der Waals surface area (Å²) in [4.78, 5) is 0. The number of hydrazine groups is 1. The average molecular weight is 309 g/mol. The summed E-state index contributed by atoms with van der Waals surface area (Å²) in [6, 6.07) is 10.2. The molecule has 3 N–H and O–H groups in total. The van der Waals surface area contributed by atoms with Gasteiger partial charge in [-0.15, -0.1) is 0 Å². The molecule has 96 valence electrons. The second-order valence-corrected chi connectivity index (χ2v) is 4.94. The Kier molecular flexibility index (Phi) is 4.52. The van der Waals surface area contributed by atoms with Crippen molar-refractivity contribution < 1.29 is 0 Å². The van der Waals surface area contributed by atoms with Crippen LogP contribution in [0.5, 0.6) is 0 Å². The Bertz CT molecular complexity index is 509. The van der Waals surface area contributed by atoms with E-state index in [1.807, 2.05) is 35.1 Å². The molecule has 0 spiro atoms. The van der Waals surface area contributed by atoms with Gasteiger partial charge in [-0.05, 0) is 31.0 Å². The highest BCUT2D eigenvalue weighted by molar-refractivity contribution is 9.10. The summed E-state index contributed by atoms with van der Waals surface area (Å²) < 4.78 is 3.06. The lowest BCUT2D eigenvalue weighted by Crippen LogP contribution is -2.31. The van der Waals surface area contributed by atoms with Gasteiger partial charge in [0.1, 0.15) is 0 Å². The highest BCUT2D eigenvalue weighted by Crippen LogP contribution is 2.23. The van der Waals surface area contributed by atoms with Gasteiger partial charge in [0.25, 0.3) is 0 Å². The third-order valence-corrected chi connectivity index (χ3v) is 3.76. The van der Waals surface area contributed by atoms with Crippen LogP contribution in [0.3, 0.4) is 0 Å². The van der Waals surface area contributed by atoms with E-state index in [0.717, 1.165) is 23.1 Å². The summed E-state index contributed by atoms with van der Waals surface area (Å²) in [6.07, 6.45) is 2.63. The Balaban J connectivity index is 2.23. The van der Waals surface area contributed by atoms with E-state index in [-0.39, 0.29) is 6.04 Å². The first-order chi connectivity index (χ1) is 8.76. The van der Waals surface area contributed by atoms with Crippen LogP contribution >= 0.6 is 15.9 Å². The average Bonchev–Trinajstić information content (AvgIpc) is 2.86. The van der Waals surface area contributed by atoms with E-state index in [9.17, 15) is 0 Å². The minimum Gasteiger partial charge on any atom is -0.271 e. The fraction of sp³-hybridized carbons (Fsp3) is 0.308. The van der Waals surface area contributed by atoms with E-state index >= 15 is 0 Å². The van der Waals surface area contributed by atoms with Gasteiger partial charge in [0, 0.05) is 17.2 Å². The maximum absolute atomic E-state index is 5.68. The lowest BCUT2D eigenvalue weighted by atomic mass is 10.0. The second kappa shape index (κ2) is 6.13. The third kappa shape index (κ3) is 2.80. The number of aryl methyl sites for hydroxylation is 1. The number of aromatic nitrogens is 2. The van der Waals surface area contributed by atoms with Crippen LogP contribution < -0.4 is 11.3 Å². The fourth-order valence-electron chi connectivity index (χ4n) is 2.04. The van der Waals surface area contributed by atoms with Crippen LogP contribution in [0.1, 0.15) is 24.2 Å². The molecule has 5 heteroatoms. The Morgan fingerprint density at radius 1 is 1.39 bits per heavy atom. The van der Waals surface area contributed by atoms with E-state index in [4.69, 9.17) is 5.84 Å². The molecule has 18 heavy (non-hydrogen) atoms. The molecule has 2 aromatic rings. The molecule has 2 rings (SSSR count). The topological polar surface area (TPSA) is 55.9 Å². The maximum Gasteiger partial charge on any atom is 0.0669 e. The van der Waals surface area contributed by atoms with Gasteiger partial charge < -0.3 is 0 Å². The van der Waals surface area contributed by atoms with Crippen molar-refractivity contribution in [2.75, 3.05) is 0 Å². The molecule has 4 nitrogen and oxygen atoms in total. The lowest BCUT2D eigenvalue weighted by Gasteiger charge is -2.18. The normalized spacial score (nSPS) is 12.6. The van der Waals surface area contributed by atoms with Gasteiger partial charge in [-0.2, -0.15) is 5.10 Å². The van der Waals surface area contributed by atoms with Crippen LogP contribution in [0.2, 0.25) is 0 Å². The Morgan fingerprint density at radius 2 is 2.17 bits per heavy atom. The quantitative estimate of drug-likeness (QED) is 0.659. The number of nitrogens with zero attached hydrogens (tertiary/aromatic N) is 2. The van der Waals surface area contributed by atoms with Crippen molar-refractivity contribution in [1.29, 1.82) is 0 Å². The molecule has 0 bridgehead atoms. The van der Waals surface area contributed by atoms with E-state index in [1.165, 1.54) is 5.56 Å². The molecule has 0 fully saturated rings. The van der Waals surface area contributed by atoms with Gasteiger partial charge in [0.2, 0.25) is 0 Å². The summed E-state index contributed by atoms with van der Waals surface area (Å²) in [5.41, 5.74) is 5.21. The molecule has 0 aliphatic heterocycles. The number of nitrogens with one attached hydrogen (secondary N) is 1. The largest absolute Gasteiger partial charge is 0.271 e. The van der Waals surface area contributed by atoms with Crippen molar-refractivity contribution in [3.05, 3.63) is 52.3 Å². The first-order valence-corrected chi connectivity index (χ1v) is 6.76. The Hall–Kier alpha value is -1.17. The number of benzene rings is 1. The van der Waals surface area contributed by atoms with E-state index < -0.39 is 0 Å². The van der Waals surface area contributed by atoms with Crippen LogP contribution in [0, 0.1) is 0 Å². The summed E-state index contributed by atoms with van der Waals surface area (Å²) in [5.74, 6) is 5.68. The summed E-state index contributed by atoms with van der Waals surface area (Å²) >= 11 is 3.56. The van der Waals surface area contributed by atoms with Gasteiger partial charge >= 0.3 is 0 Å². The van der Waals surface area contributed by atoms with Crippen molar-refractivity contribution in [3.8, 4) is 0 Å². The number of hydrogen-bond donors (Lipinski definition) is 2. The SMILES string of the molecule is CCn1nccc1C(Cc1ccccc1Br)NN. The third-order valence-electron chi connectivity index (χ3n) is 2.99. The van der Waals surface area contributed by atoms with Gasteiger partial charge in [-0.3, -0.25) is 16.0 Å². The molecule has 1 heterocycles. The van der Waals surface area contributed by atoms with E-state index in [1.54, 1.807) is 0 Å². The maximum atomic E-state index is 5.68. The molecule has 1 aromatic carbocycles. The number of rotatable bonds is 5. The molecule has 0 aliphatic carbocycles. The number of nitrogens with two attached hydrogens (primary N) is 1. The van der Waals surface area contributed by atoms with Gasteiger partial charge in [0.05, 0.1) is 11.7 Å². The molecule has 0 saturated heterocycles. The van der Waals surface area contributed by atoms with Crippen molar-refractivity contribution >= 4 is 15.9 Å². The van der Waals surface area contributed by atoms with Gasteiger partial charge in [-0.1, -0.05) is 34.1 Å². The van der Waals surface area contributed by atoms with E-state index in [2.05, 4.69) is 39.4 Å². The van der Waals surface area contributed by atoms with Crippen molar-refractivity contribution in [1.82, 2.24) is 15.2 Å². The Labute approximate surface area is 115 Å². The molecule has 0 radical (unpaired) electrons. The van der Waals surface area contributed by atoms with Gasteiger partial charge in [0.15, 0.2) is 0 Å². The summed E-state index contributed by atoms with van der Waals surface area (Å²) in [6.45, 7) is 2.92. The van der Waals surface area contributed by atoms with Crippen LogP contribution in [-0.4, -0.2) is 9.78 Å². The molecule has 1 unspecified atom stereocenters. The lowest BCUT2D eigenvalue weighted by molar-refractivity contribution is 0.490. The van der Waals surface area contributed by atoms with Crippen LogP contribution in [-0.2, 0) is 13.0 Å². The molecule has 0 amide bonds. The standard InChI is InChI=1S/C13H17BrN4/c1-2-18-13(7-8-16-18)12(17-15)9-10-5-3-4-6-11(10)14/h3-8,12,17H,2,9,15H2,1H3. The summed E-state index contributed by atoms with van der Waals surface area (Å²) in [5, 5.41) is 4.28. The number of halogens is 1. The minimum atomic E-state index is 0.0613. The summed E-state index contributed by atoms with van der Waals surface area (Å²) in [7, 11) is 0. The Morgan fingerprint density at radius 3 is 2.83 bits per heavy atom. The molecule has 0 aliphatic rings. The van der Waals surface area contributed by atoms with Crippen molar-refractivity contribution in [2.45, 2.75) is 25.9 Å². The van der Waals surface area contributed by atoms with E-state index in [0.29, 0.717) is 0 Å². The zero-order valence-electron chi connectivity index (χ0n) is 10.3. The first kappa shape index (κ1) is 13.3. The highest BCUT2D eigenvalue weighted by atomic mass is 79.9. The van der Waals surface area contributed by atoms with Crippen LogP contribution in [0.25, 0.3) is 0 Å². The van der Waals surface area contributed by atoms with Crippen LogP contribution in [0.4, 0.5) is 0 Å². The van der Waals surface area contributed by atoms with Crippen molar-refractivity contribution in [2.24, 2.45) is 5.84 Å². The zero-order valence-corrected chi connectivity index (χ0v) is 11.9. The first-order valence-electron chi connectivity index (χ1n) is 5.97. The predicted molar refractivity (Wildman–Crippen MR) is 75.8 cm³/mol. The zero-order chi connectivity index (χ0) is 13.0. The smallest absolute Gasteiger partial charge is 0.0669 e. The molecular formula is C13H17BrN4. The minimum absolute atomic E-state index is 0.0613. The molecule has 1 aromatic heterocycles. The fourth-order valence-corrected chi connectivity index (χ4v) is 2.48. The predicted octanol–water partition coefficient (Wildman–Crippen LogP) is 2.41. The van der Waals surface area contributed by atoms with Crippen LogP contribution in [0.15, 0.2) is 41.0 Å². The monoisotopic (exact) mass is 308 g/mol. The number of hydrogen-bond acceptors (Lipinski definition) is 3. The second-order valence-electron chi connectivity index (χ2n) is 4.09. The molecule has 1 atom stereocenters. The molecular weight excluding hydrogens is 292 g/mol. The van der Waals surface area contributed by atoms with Crippen molar-refractivity contribution in [3.63, 3.8) is 0 Å². The molecule has 0 saturated carbocycles. The highest BCUT2D eigenvalue weighted by Gasteiger charge is 2.15. The van der Waals surface area contributed by atoms with Gasteiger partial charge in [-0.25, -0.2) is 0 Å².